The number of hydrogen-bond acceptors (Lipinski definition) is 3. The molecule has 0 N–H and O–H groups in total. The van der Waals surface area contributed by atoms with Gasteiger partial charge in [0, 0.05) is 30.8 Å². The highest BCUT2D eigenvalue weighted by molar-refractivity contribution is 6.00. The topological polar surface area (TPSA) is 55.0 Å². The number of carbonyl (C=O) groups excluding carboxylic acids is 1. The van der Waals surface area contributed by atoms with Crippen LogP contribution < -0.4 is 0 Å². The first-order chi connectivity index (χ1) is 12.5. The summed E-state index contributed by atoms with van der Waals surface area (Å²) in [5.41, 5.74) is 1.91. The molecule has 1 aromatic carbocycles. The number of nitrogens with zero attached hydrogens (tertiary/aromatic N) is 2. The van der Waals surface area contributed by atoms with Crippen molar-refractivity contribution in [2.24, 2.45) is 5.41 Å². The molecule has 1 atom stereocenters. The lowest BCUT2D eigenvalue weighted by Gasteiger charge is -2.38. The van der Waals surface area contributed by atoms with E-state index in [4.69, 9.17) is 4.74 Å². The van der Waals surface area contributed by atoms with Crippen molar-refractivity contribution < 1.29 is 9.53 Å². The number of allylic oxidation sites excluding steroid dienone is 3. The smallest absolute Gasteiger partial charge is 0.218 e. The molecule has 0 spiro atoms. The molecule has 0 bridgehead atoms. The molecule has 1 aromatic heterocycles. The fourth-order valence-electron chi connectivity index (χ4n) is 3.88. The van der Waals surface area contributed by atoms with Crippen LogP contribution in [0.5, 0.6) is 0 Å². The van der Waals surface area contributed by atoms with Gasteiger partial charge in [0.1, 0.15) is 17.4 Å². The van der Waals surface area contributed by atoms with Crippen LogP contribution >= 0.6 is 0 Å². The molecule has 26 heavy (non-hydrogen) atoms. The molecule has 1 aliphatic heterocycles. The molecular weight excluding hydrogens is 324 g/mol. The zero-order chi connectivity index (χ0) is 18.3. The quantitative estimate of drug-likeness (QED) is 0.797. The van der Waals surface area contributed by atoms with Crippen molar-refractivity contribution in [2.75, 3.05) is 0 Å². The summed E-state index contributed by atoms with van der Waals surface area (Å²) in [4.78, 5) is 13.0. The zero-order valence-corrected chi connectivity index (χ0v) is 14.9. The Kier molecular flexibility index (Phi) is 3.81. The number of Topliss-reactive ketones (excluding diaryl/α,β-unsaturated/α-hetero) is 1. The van der Waals surface area contributed by atoms with E-state index in [1.807, 2.05) is 59.4 Å². The Bertz CT molecular complexity index is 957. The number of hydrogen-bond donors (Lipinski definition) is 0. The first kappa shape index (κ1) is 16.4. The first-order valence-electron chi connectivity index (χ1n) is 8.77. The fraction of sp³-hybridized carbons (Fsp3) is 0.273. The van der Waals surface area contributed by atoms with Gasteiger partial charge in [-0.05, 0) is 23.1 Å². The number of nitriles is 1. The van der Waals surface area contributed by atoms with Crippen molar-refractivity contribution >= 4 is 11.7 Å². The number of rotatable bonds is 2. The second-order valence-corrected chi connectivity index (χ2v) is 7.64. The Morgan fingerprint density at radius 3 is 2.46 bits per heavy atom. The average Bonchev–Trinajstić information content (AvgIpc) is 3.14. The third kappa shape index (κ3) is 2.66. The van der Waals surface area contributed by atoms with Crippen LogP contribution in [-0.2, 0) is 9.53 Å². The maximum Gasteiger partial charge on any atom is 0.218 e. The molecule has 0 unspecified atom stereocenters. The van der Waals surface area contributed by atoms with Crippen LogP contribution in [0.25, 0.3) is 5.88 Å². The van der Waals surface area contributed by atoms with Gasteiger partial charge in [0.25, 0.3) is 0 Å². The summed E-state index contributed by atoms with van der Waals surface area (Å²) >= 11 is 0. The van der Waals surface area contributed by atoms with Gasteiger partial charge < -0.3 is 4.74 Å². The maximum absolute atomic E-state index is 13.0. The molecular formula is C22H20N2O2. The van der Waals surface area contributed by atoms with Crippen LogP contribution in [0.1, 0.15) is 38.2 Å². The Labute approximate surface area is 153 Å². The van der Waals surface area contributed by atoms with E-state index in [9.17, 15) is 10.1 Å². The lowest BCUT2D eigenvalue weighted by Crippen LogP contribution is -2.32. The van der Waals surface area contributed by atoms with Crippen LogP contribution in [0.2, 0.25) is 0 Å². The largest absolute Gasteiger partial charge is 0.443 e. The van der Waals surface area contributed by atoms with E-state index in [0.29, 0.717) is 35.6 Å². The zero-order valence-electron chi connectivity index (χ0n) is 14.9. The Balaban J connectivity index is 1.95. The van der Waals surface area contributed by atoms with E-state index >= 15 is 0 Å². The van der Waals surface area contributed by atoms with Gasteiger partial charge in [-0.3, -0.25) is 9.36 Å². The minimum Gasteiger partial charge on any atom is -0.443 e. The second kappa shape index (κ2) is 6.03. The summed E-state index contributed by atoms with van der Waals surface area (Å²) in [6, 6.07) is 15.8. The molecule has 4 heteroatoms. The van der Waals surface area contributed by atoms with Gasteiger partial charge in [0.15, 0.2) is 5.78 Å². The van der Waals surface area contributed by atoms with Gasteiger partial charge in [-0.1, -0.05) is 44.2 Å². The Morgan fingerprint density at radius 2 is 1.81 bits per heavy atom. The maximum atomic E-state index is 13.0. The highest BCUT2D eigenvalue weighted by atomic mass is 16.5. The van der Waals surface area contributed by atoms with E-state index in [2.05, 4.69) is 19.9 Å². The normalized spacial score (nSPS) is 21.9. The second-order valence-electron chi connectivity index (χ2n) is 7.64. The Morgan fingerprint density at radius 1 is 1.12 bits per heavy atom. The van der Waals surface area contributed by atoms with Crippen molar-refractivity contribution in [3.63, 3.8) is 0 Å². The molecule has 0 saturated heterocycles. The average molecular weight is 344 g/mol. The van der Waals surface area contributed by atoms with Crippen molar-refractivity contribution in [1.29, 1.82) is 5.26 Å². The molecule has 1 aliphatic carbocycles. The minimum absolute atomic E-state index is 0.0735. The third-order valence-corrected chi connectivity index (χ3v) is 5.00. The molecule has 4 nitrogen and oxygen atoms in total. The van der Waals surface area contributed by atoms with Gasteiger partial charge in [0.2, 0.25) is 5.88 Å². The molecule has 0 amide bonds. The predicted molar refractivity (Wildman–Crippen MR) is 98.6 cm³/mol. The Hall–Kier alpha value is -3.06. The number of ether oxygens (including phenoxy) is 1. The first-order valence-corrected chi connectivity index (χ1v) is 8.77. The lowest BCUT2D eigenvalue weighted by atomic mass is 9.70. The van der Waals surface area contributed by atoms with Gasteiger partial charge in [0.05, 0.1) is 5.92 Å². The molecule has 0 radical (unpaired) electrons. The molecule has 4 rings (SSSR count). The summed E-state index contributed by atoms with van der Waals surface area (Å²) in [7, 11) is 0. The highest BCUT2D eigenvalue weighted by Gasteiger charge is 2.43. The summed E-state index contributed by atoms with van der Waals surface area (Å²) in [5.74, 6) is 0.883. The van der Waals surface area contributed by atoms with Crippen LogP contribution in [0, 0.1) is 16.7 Å². The SMILES string of the molecule is CC1(C)CC(=O)C2=C(C1)OC(n1cccc1)=C(C#N)[C@@H]2c1ccccc1. The standard InChI is InChI=1S/C22H20N2O2/c1-22(2)12-17(25)20-18(13-22)26-21(24-10-6-7-11-24)16(14-23)19(20)15-8-4-3-5-9-15/h3-11,19H,12-13H2,1-2H3/t19-/m0/s1. The van der Waals surface area contributed by atoms with Gasteiger partial charge in [-0.15, -0.1) is 0 Å². The lowest BCUT2D eigenvalue weighted by molar-refractivity contribution is -0.118. The molecule has 0 fully saturated rings. The van der Waals surface area contributed by atoms with E-state index in [0.717, 1.165) is 5.56 Å². The fourth-order valence-corrected chi connectivity index (χ4v) is 3.88. The van der Waals surface area contributed by atoms with Crippen LogP contribution in [0.4, 0.5) is 0 Å². The minimum atomic E-state index is -0.383. The van der Waals surface area contributed by atoms with E-state index in [1.54, 1.807) is 0 Å². The summed E-state index contributed by atoms with van der Waals surface area (Å²) in [6.07, 6.45) is 4.86. The van der Waals surface area contributed by atoms with E-state index in [-0.39, 0.29) is 17.1 Å². The molecule has 2 aliphatic rings. The van der Waals surface area contributed by atoms with Crippen LogP contribution in [0.3, 0.4) is 0 Å². The number of ketones is 1. The molecule has 0 saturated carbocycles. The predicted octanol–water partition coefficient (Wildman–Crippen LogP) is 4.64. The molecule has 130 valence electrons. The van der Waals surface area contributed by atoms with Crippen molar-refractivity contribution in [3.8, 4) is 6.07 Å². The number of aromatic nitrogens is 1. The summed E-state index contributed by atoms with van der Waals surface area (Å²) in [5, 5.41) is 9.94. The van der Waals surface area contributed by atoms with Crippen LogP contribution in [0.15, 0.2) is 71.8 Å². The van der Waals surface area contributed by atoms with Gasteiger partial charge in [-0.25, -0.2) is 0 Å². The van der Waals surface area contributed by atoms with E-state index in [1.165, 1.54) is 0 Å². The summed E-state index contributed by atoms with van der Waals surface area (Å²) < 4.78 is 7.98. The van der Waals surface area contributed by atoms with Crippen molar-refractivity contribution in [3.05, 3.63) is 77.3 Å². The van der Waals surface area contributed by atoms with Crippen molar-refractivity contribution in [1.82, 2.24) is 4.57 Å². The molecule has 2 heterocycles. The van der Waals surface area contributed by atoms with E-state index < -0.39 is 0 Å². The van der Waals surface area contributed by atoms with Gasteiger partial charge >= 0.3 is 0 Å². The highest BCUT2D eigenvalue weighted by Crippen LogP contribution is 2.49. The van der Waals surface area contributed by atoms with Crippen LogP contribution in [-0.4, -0.2) is 10.4 Å². The van der Waals surface area contributed by atoms with Gasteiger partial charge in [-0.2, -0.15) is 5.26 Å². The number of benzene rings is 1. The monoisotopic (exact) mass is 344 g/mol. The summed E-state index contributed by atoms with van der Waals surface area (Å²) in [6.45, 7) is 4.16. The van der Waals surface area contributed by atoms with Crippen molar-refractivity contribution in [2.45, 2.75) is 32.6 Å². The third-order valence-electron chi connectivity index (χ3n) is 5.00. The number of carbonyl (C=O) groups is 1. The molecule has 2 aromatic rings.